The smallest absolute Gasteiger partial charge is 0.137 e. The first-order valence-corrected chi connectivity index (χ1v) is 8.27. The molecule has 0 heterocycles. The van der Waals surface area contributed by atoms with Gasteiger partial charge < -0.3 is 5.11 Å². The van der Waals surface area contributed by atoms with E-state index in [0.717, 1.165) is 18.4 Å². The van der Waals surface area contributed by atoms with Crippen molar-refractivity contribution in [3.05, 3.63) is 52.7 Å². The number of nitrogens with zero attached hydrogens (tertiary/aromatic N) is 1. The molecule has 0 aromatic heterocycles. The first kappa shape index (κ1) is 14.5. The van der Waals surface area contributed by atoms with Gasteiger partial charge in [-0.2, -0.15) is 0 Å². The van der Waals surface area contributed by atoms with Crippen molar-refractivity contribution in [2.24, 2.45) is 4.99 Å². The van der Waals surface area contributed by atoms with E-state index in [1.807, 2.05) is 36.4 Å². The minimum Gasteiger partial charge on any atom is -0.506 e. The Hall–Kier alpha value is 0.1000. The highest BCUT2D eigenvalue weighted by atomic mass is 127. The Morgan fingerprint density at radius 2 is 1.61 bits per heavy atom. The summed E-state index contributed by atoms with van der Waals surface area (Å²) in [7, 11) is 0. The zero-order valence-corrected chi connectivity index (χ0v) is 15.5. The van der Waals surface area contributed by atoms with Crippen LogP contribution in [0.4, 0.5) is 5.69 Å². The van der Waals surface area contributed by atoms with Crippen LogP contribution < -0.4 is 0 Å². The van der Waals surface area contributed by atoms with Gasteiger partial charge in [0.1, 0.15) is 5.75 Å². The Kier molecular flexibility index (Phi) is 5.24. The standard InChI is InChI=1S/C13H8I3NO/c14-9-1-3-11(4-2-9)17-7-8-5-10(15)6-12(16)13(8)18/h1-7,18H. The van der Waals surface area contributed by atoms with E-state index in [0.29, 0.717) is 0 Å². The van der Waals surface area contributed by atoms with Crippen molar-refractivity contribution < 1.29 is 5.11 Å². The average Bonchev–Trinajstić information content (AvgIpc) is 2.34. The van der Waals surface area contributed by atoms with Crippen LogP contribution in [0.5, 0.6) is 5.75 Å². The van der Waals surface area contributed by atoms with Gasteiger partial charge in [-0.05, 0) is 104 Å². The highest BCUT2D eigenvalue weighted by Gasteiger charge is 2.04. The maximum atomic E-state index is 9.94. The summed E-state index contributed by atoms with van der Waals surface area (Å²) < 4.78 is 3.10. The Bertz CT molecular complexity index is 594. The number of hydrogen-bond acceptors (Lipinski definition) is 2. The number of phenolic OH excluding ortho intramolecular Hbond substituents is 1. The van der Waals surface area contributed by atoms with Crippen LogP contribution in [0.3, 0.4) is 0 Å². The predicted molar refractivity (Wildman–Crippen MR) is 100.0 cm³/mol. The summed E-state index contributed by atoms with van der Waals surface area (Å²) in [6.45, 7) is 0. The molecule has 5 heteroatoms. The number of aromatic hydroxyl groups is 1. The first-order chi connectivity index (χ1) is 8.56. The molecule has 0 spiro atoms. The molecule has 0 atom stereocenters. The second-order valence-corrected chi connectivity index (χ2v) is 7.21. The predicted octanol–water partition coefficient (Wildman–Crippen LogP) is 4.96. The molecule has 0 saturated carbocycles. The summed E-state index contributed by atoms with van der Waals surface area (Å²) in [6.07, 6.45) is 1.70. The fourth-order valence-electron chi connectivity index (χ4n) is 1.36. The summed E-state index contributed by atoms with van der Waals surface area (Å²) in [6, 6.07) is 11.8. The summed E-state index contributed by atoms with van der Waals surface area (Å²) in [4.78, 5) is 4.37. The molecule has 0 amide bonds. The van der Waals surface area contributed by atoms with Gasteiger partial charge in [0.05, 0.1) is 9.26 Å². The van der Waals surface area contributed by atoms with Gasteiger partial charge in [-0.15, -0.1) is 0 Å². The Balaban J connectivity index is 2.31. The van der Waals surface area contributed by atoms with Crippen molar-refractivity contribution in [2.75, 3.05) is 0 Å². The number of hydrogen-bond donors (Lipinski definition) is 1. The number of aliphatic imine (C=N–C) groups is 1. The van der Waals surface area contributed by atoms with Crippen LogP contribution in [0, 0.1) is 10.7 Å². The second-order valence-electron chi connectivity index (χ2n) is 3.56. The fourth-order valence-corrected chi connectivity index (χ4v) is 3.60. The molecule has 92 valence electrons. The Morgan fingerprint density at radius 3 is 2.28 bits per heavy atom. The lowest BCUT2D eigenvalue weighted by atomic mass is 10.2. The first-order valence-electron chi connectivity index (χ1n) is 5.04. The molecule has 0 bridgehead atoms. The minimum atomic E-state index is 0.283. The summed E-state index contributed by atoms with van der Waals surface area (Å²) >= 11 is 6.60. The van der Waals surface area contributed by atoms with Crippen LogP contribution in [0.25, 0.3) is 0 Å². The van der Waals surface area contributed by atoms with Gasteiger partial charge >= 0.3 is 0 Å². The normalized spacial score (nSPS) is 11.1. The molecule has 0 saturated heterocycles. The molecule has 1 N–H and O–H groups in total. The van der Waals surface area contributed by atoms with Crippen LogP contribution in [-0.2, 0) is 0 Å². The van der Waals surface area contributed by atoms with E-state index in [4.69, 9.17) is 0 Å². The monoisotopic (exact) mass is 575 g/mol. The zero-order valence-electron chi connectivity index (χ0n) is 9.07. The number of halogens is 3. The van der Waals surface area contributed by atoms with Gasteiger partial charge in [0, 0.05) is 18.9 Å². The average molecular weight is 575 g/mol. The van der Waals surface area contributed by atoms with Crippen LogP contribution in [-0.4, -0.2) is 11.3 Å². The molecule has 0 aliphatic heterocycles. The largest absolute Gasteiger partial charge is 0.506 e. The van der Waals surface area contributed by atoms with E-state index in [1.165, 1.54) is 3.57 Å². The van der Waals surface area contributed by atoms with E-state index in [-0.39, 0.29) is 5.75 Å². The summed E-state index contributed by atoms with van der Waals surface area (Å²) in [5.74, 6) is 0.283. The van der Waals surface area contributed by atoms with Gasteiger partial charge in [-0.25, -0.2) is 0 Å². The Morgan fingerprint density at radius 1 is 0.944 bits per heavy atom. The topological polar surface area (TPSA) is 32.6 Å². The fraction of sp³-hybridized carbons (Fsp3) is 0. The van der Waals surface area contributed by atoms with Gasteiger partial charge in [-0.3, -0.25) is 4.99 Å². The molecule has 2 aromatic rings. The summed E-state index contributed by atoms with van der Waals surface area (Å²) in [5.41, 5.74) is 1.62. The Labute approximate surface area is 146 Å². The van der Waals surface area contributed by atoms with Crippen LogP contribution in [0.2, 0.25) is 0 Å². The van der Waals surface area contributed by atoms with Gasteiger partial charge in [-0.1, -0.05) is 0 Å². The van der Waals surface area contributed by atoms with Crippen molar-refractivity contribution in [3.8, 4) is 5.75 Å². The lowest BCUT2D eigenvalue weighted by Crippen LogP contribution is -1.87. The number of benzene rings is 2. The van der Waals surface area contributed by atoms with Crippen LogP contribution in [0.1, 0.15) is 5.56 Å². The third-order valence-corrected chi connectivity index (χ3v) is 4.40. The molecule has 0 aliphatic rings. The minimum absolute atomic E-state index is 0.283. The van der Waals surface area contributed by atoms with Crippen molar-refractivity contribution in [1.82, 2.24) is 0 Å². The quantitative estimate of drug-likeness (QED) is 0.399. The van der Waals surface area contributed by atoms with Gasteiger partial charge in [0.2, 0.25) is 0 Å². The maximum absolute atomic E-state index is 9.94. The van der Waals surface area contributed by atoms with E-state index >= 15 is 0 Å². The number of rotatable bonds is 2. The molecule has 0 aliphatic carbocycles. The van der Waals surface area contributed by atoms with Crippen LogP contribution in [0.15, 0.2) is 41.4 Å². The molecular weight excluding hydrogens is 567 g/mol. The molecule has 0 radical (unpaired) electrons. The van der Waals surface area contributed by atoms with Gasteiger partial charge in [0.15, 0.2) is 0 Å². The zero-order chi connectivity index (χ0) is 13.1. The molecule has 18 heavy (non-hydrogen) atoms. The lowest BCUT2D eigenvalue weighted by molar-refractivity contribution is 0.470. The second kappa shape index (κ2) is 6.51. The van der Waals surface area contributed by atoms with Crippen LogP contribution >= 0.6 is 67.8 Å². The third-order valence-electron chi connectivity index (χ3n) is 2.24. The van der Waals surface area contributed by atoms with E-state index in [9.17, 15) is 5.11 Å². The SMILES string of the molecule is Oc1c(I)cc(I)cc1C=Nc1ccc(I)cc1. The maximum Gasteiger partial charge on any atom is 0.137 e. The molecule has 0 unspecified atom stereocenters. The van der Waals surface area contributed by atoms with E-state index < -0.39 is 0 Å². The third kappa shape index (κ3) is 3.80. The molecule has 2 aromatic carbocycles. The highest BCUT2D eigenvalue weighted by Crippen LogP contribution is 2.26. The van der Waals surface area contributed by atoms with Crippen molar-refractivity contribution in [1.29, 1.82) is 0 Å². The van der Waals surface area contributed by atoms with Crippen molar-refractivity contribution in [3.63, 3.8) is 0 Å². The van der Waals surface area contributed by atoms with Gasteiger partial charge in [0.25, 0.3) is 0 Å². The van der Waals surface area contributed by atoms with Crippen molar-refractivity contribution in [2.45, 2.75) is 0 Å². The van der Waals surface area contributed by atoms with E-state index in [2.05, 4.69) is 72.8 Å². The number of phenols is 1. The molecule has 2 nitrogen and oxygen atoms in total. The van der Waals surface area contributed by atoms with Crippen molar-refractivity contribution >= 4 is 79.7 Å². The van der Waals surface area contributed by atoms with E-state index in [1.54, 1.807) is 6.21 Å². The highest BCUT2D eigenvalue weighted by molar-refractivity contribution is 14.1. The molecule has 0 fully saturated rings. The molecule has 2 rings (SSSR count). The lowest BCUT2D eigenvalue weighted by Gasteiger charge is -2.02. The summed E-state index contributed by atoms with van der Waals surface area (Å²) in [5, 5.41) is 9.94. The molecular formula is C13H8I3NO.